The highest BCUT2D eigenvalue weighted by molar-refractivity contribution is 5.98. The van der Waals surface area contributed by atoms with Crippen LogP contribution < -0.4 is 22.1 Å². The summed E-state index contributed by atoms with van der Waals surface area (Å²) in [6.07, 6.45) is 4.14. The fraction of sp³-hybridized carbons (Fsp3) is 0.200. The summed E-state index contributed by atoms with van der Waals surface area (Å²) in [5, 5.41) is 5.52. The van der Waals surface area contributed by atoms with E-state index in [0.29, 0.717) is 11.4 Å². The number of nitrogens with two attached hydrogens (primary N) is 2. The van der Waals surface area contributed by atoms with Crippen LogP contribution in [0.2, 0.25) is 0 Å². The van der Waals surface area contributed by atoms with Gasteiger partial charge in [0.25, 0.3) is 0 Å². The molecule has 0 aromatic heterocycles. The highest BCUT2D eigenvalue weighted by Crippen LogP contribution is 2.17. The second kappa shape index (κ2) is 9.19. The Morgan fingerprint density at radius 2 is 2.13 bits per heavy atom. The average molecular weight is 322 g/mol. The van der Waals surface area contributed by atoms with E-state index in [4.69, 9.17) is 11.5 Å². The summed E-state index contributed by atoms with van der Waals surface area (Å²) in [6.45, 7) is 1.28. The van der Waals surface area contributed by atoms with Crippen LogP contribution in [0.25, 0.3) is 0 Å². The van der Waals surface area contributed by atoms with E-state index in [0.717, 1.165) is 0 Å². The van der Waals surface area contributed by atoms with Crippen LogP contribution in [0.5, 0.6) is 0 Å². The molecule has 0 aliphatic rings. The number of allylic oxidation sites excluding steroid dienone is 1. The van der Waals surface area contributed by atoms with E-state index in [2.05, 4.69) is 20.6 Å². The average Bonchev–Trinajstić information content (AvgIpc) is 2.49. The predicted molar refractivity (Wildman–Crippen MR) is 91.4 cm³/mol. The number of alkyl halides is 1. The fourth-order valence-corrected chi connectivity index (χ4v) is 1.58. The third-order valence-electron chi connectivity index (χ3n) is 2.51. The smallest absolute Gasteiger partial charge is 0.189 e. The molecule has 23 heavy (non-hydrogen) atoms. The number of halogens is 2. The van der Waals surface area contributed by atoms with Crippen LogP contribution in [0.1, 0.15) is 6.92 Å². The number of nitrogen functional groups attached to an aromatic ring is 1. The molecule has 0 saturated carbocycles. The highest BCUT2D eigenvalue weighted by Gasteiger charge is 2.02. The van der Waals surface area contributed by atoms with Crippen molar-refractivity contribution in [2.24, 2.45) is 15.7 Å². The van der Waals surface area contributed by atoms with Gasteiger partial charge in [0.1, 0.15) is 11.7 Å². The Bertz CT molecular complexity index is 635. The molecule has 0 heterocycles. The minimum Gasteiger partial charge on any atom is -0.403 e. The summed E-state index contributed by atoms with van der Waals surface area (Å²) in [7, 11) is 1.57. The van der Waals surface area contributed by atoms with Gasteiger partial charge in [-0.1, -0.05) is 0 Å². The molecule has 0 aliphatic heterocycles. The summed E-state index contributed by atoms with van der Waals surface area (Å²) < 4.78 is 26.7. The molecule has 1 aromatic rings. The molecule has 1 rings (SSSR count). The molecular weight excluding hydrogens is 302 g/mol. The van der Waals surface area contributed by atoms with E-state index in [-0.39, 0.29) is 11.5 Å². The Morgan fingerprint density at radius 3 is 2.74 bits per heavy atom. The Morgan fingerprint density at radius 1 is 1.39 bits per heavy atom. The summed E-state index contributed by atoms with van der Waals surface area (Å²) >= 11 is 0. The van der Waals surface area contributed by atoms with Crippen LogP contribution >= 0.6 is 0 Å². The Balaban J connectivity index is 2.87. The van der Waals surface area contributed by atoms with Crippen molar-refractivity contribution in [3.63, 3.8) is 0 Å². The predicted octanol–water partition coefficient (Wildman–Crippen LogP) is 2.14. The lowest BCUT2D eigenvalue weighted by Gasteiger charge is -2.08. The van der Waals surface area contributed by atoms with E-state index < -0.39 is 12.1 Å². The second-order valence-electron chi connectivity index (χ2n) is 4.44. The standard InChI is InChI=1S/C15H20F2N6/c1-10(16)22-15(23-12(8-18)9-20-2)5-6-21-14-7-11(19)3-4-13(14)17/h3-10,21H,18-19H2,1-2H3,(H,22,23)/b6-5+,12-8?,20-9?. The van der Waals surface area contributed by atoms with Crippen LogP contribution in [0.15, 0.2) is 52.4 Å². The van der Waals surface area contributed by atoms with Gasteiger partial charge >= 0.3 is 0 Å². The number of aliphatic imine (C=N–C) groups is 2. The molecular formula is C15H20F2N6. The first-order chi connectivity index (χ1) is 11.0. The van der Waals surface area contributed by atoms with Crippen LogP contribution in [0, 0.1) is 5.82 Å². The van der Waals surface area contributed by atoms with Crippen molar-refractivity contribution in [1.82, 2.24) is 5.32 Å². The highest BCUT2D eigenvalue weighted by atomic mass is 19.1. The number of rotatable bonds is 6. The number of nitrogens with zero attached hydrogens (tertiary/aromatic N) is 2. The zero-order valence-corrected chi connectivity index (χ0v) is 12.9. The minimum atomic E-state index is -1.43. The summed E-state index contributed by atoms with van der Waals surface area (Å²) in [4.78, 5) is 7.55. The SMILES string of the molecule is CN=CC(=CN)NC(/C=C/Nc1cc(N)ccc1F)=NC(C)F. The van der Waals surface area contributed by atoms with E-state index in [9.17, 15) is 8.78 Å². The topological polar surface area (TPSA) is 101 Å². The number of anilines is 2. The lowest BCUT2D eigenvalue weighted by atomic mass is 10.2. The van der Waals surface area contributed by atoms with Gasteiger partial charge in [-0.05, 0) is 31.2 Å². The molecule has 8 heteroatoms. The maximum absolute atomic E-state index is 13.6. The molecule has 1 atom stereocenters. The van der Waals surface area contributed by atoms with Crippen LogP contribution in [0.4, 0.5) is 20.2 Å². The van der Waals surface area contributed by atoms with E-state index in [1.807, 2.05) is 0 Å². The Kier molecular flexibility index (Phi) is 7.25. The van der Waals surface area contributed by atoms with Crippen molar-refractivity contribution < 1.29 is 8.78 Å². The van der Waals surface area contributed by atoms with Gasteiger partial charge in [-0.25, -0.2) is 13.8 Å². The van der Waals surface area contributed by atoms with Crippen molar-refractivity contribution in [3.8, 4) is 0 Å². The third kappa shape index (κ3) is 6.60. The molecule has 0 spiro atoms. The normalized spacial score (nSPS) is 14.4. The lowest BCUT2D eigenvalue weighted by Crippen LogP contribution is -2.24. The van der Waals surface area contributed by atoms with Crippen molar-refractivity contribution in [3.05, 3.63) is 48.2 Å². The summed E-state index contributed by atoms with van der Waals surface area (Å²) in [6, 6.07) is 4.14. The molecule has 6 N–H and O–H groups in total. The maximum Gasteiger partial charge on any atom is 0.189 e. The molecule has 0 radical (unpaired) electrons. The van der Waals surface area contributed by atoms with Crippen LogP contribution in [0.3, 0.4) is 0 Å². The molecule has 0 aliphatic carbocycles. The molecule has 1 unspecified atom stereocenters. The van der Waals surface area contributed by atoms with Crippen molar-refractivity contribution in [1.29, 1.82) is 0 Å². The minimum absolute atomic E-state index is 0.188. The first kappa shape index (κ1) is 18.1. The van der Waals surface area contributed by atoms with Gasteiger partial charge in [-0.15, -0.1) is 0 Å². The van der Waals surface area contributed by atoms with E-state index in [1.165, 1.54) is 49.8 Å². The largest absolute Gasteiger partial charge is 0.403 e. The molecule has 1 aromatic carbocycles. The molecule has 124 valence electrons. The molecule has 6 nitrogen and oxygen atoms in total. The van der Waals surface area contributed by atoms with Gasteiger partial charge in [-0.2, -0.15) is 0 Å². The van der Waals surface area contributed by atoms with Gasteiger partial charge in [0.15, 0.2) is 6.30 Å². The van der Waals surface area contributed by atoms with Crippen LogP contribution in [-0.4, -0.2) is 25.4 Å². The quantitative estimate of drug-likeness (QED) is 0.279. The van der Waals surface area contributed by atoms with Gasteiger partial charge in [0, 0.05) is 31.3 Å². The van der Waals surface area contributed by atoms with Gasteiger partial charge in [0.05, 0.1) is 11.4 Å². The fourth-order valence-electron chi connectivity index (χ4n) is 1.58. The number of hydrogen-bond donors (Lipinski definition) is 4. The lowest BCUT2D eigenvalue weighted by molar-refractivity contribution is 0.376. The monoisotopic (exact) mass is 322 g/mol. The zero-order chi connectivity index (χ0) is 17.2. The van der Waals surface area contributed by atoms with Gasteiger partial charge in [-0.3, -0.25) is 4.99 Å². The van der Waals surface area contributed by atoms with Crippen LogP contribution in [-0.2, 0) is 0 Å². The number of benzene rings is 1. The Hall–Kier alpha value is -2.90. The Labute approximate surface area is 133 Å². The molecule has 0 amide bonds. The first-order valence-corrected chi connectivity index (χ1v) is 6.77. The first-order valence-electron chi connectivity index (χ1n) is 6.77. The molecule has 0 saturated heterocycles. The third-order valence-corrected chi connectivity index (χ3v) is 2.51. The van der Waals surface area contributed by atoms with Crippen molar-refractivity contribution >= 4 is 23.4 Å². The van der Waals surface area contributed by atoms with E-state index in [1.54, 1.807) is 7.05 Å². The van der Waals surface area contributed by atoms with Crippen molar-refractivity contribution in [2.45, 2.75) is 13.2 Å². The van der Waals surface area contributed by atoms with Gasteiger partial charge < -0.3 is 22.1 Å². The summed E-state index contributed by atoms with van der Waals surface area (Å²) in [5.41, 5.74) is 12.1. The van der Waals surface area contributed by atoms with Gasteiger partial charge in [0.2, 0.25) is 0 Å². The maximum atomic E-state index is 13.6. The van der Waals surface area contributed by atoms with Crippen molar-refractivity contribution in [2.75, 3.05) is 18.1 Å². The molecule has 0 bridgehead atoms. The number of nitrogens with one attached hydrogen (secondary N) is 2. The number of amidine groups is 1. The zero-order valence-electron chi connectivity index (χ0n) is 12.9. The molecule has 0 fully saturated rings. The van der Waals surface area contributed by atoms with E-state index >= 15 is 0 Å². The number of hydrogen-bond acceptors (Lipinski definition) is 5. The second-order valence-corrected chi connectivity index (χ2v) is 4.44. The summed E-state index contributed by atoms with van der Waals surface area (Å²) in [5.74, 6) is -0.275.